The average molecular weight is 406 g/mol. The molecule has 0 unspecified atom stereocenters. The highest BCUT2D eigenvalue weighted by Gasteiger charge is 2.13. The minimum absolute atomic E-state index is 0.171. The van der Waals surface area contributed by atoms with Crippen molar-refractivity contribution in [2.45, 2.75) is 17.2 Å². The van der Waals surface area contributed by atoms with Gasteiger partial charge >= 0.3 is 0 Å². The topological polar surface area (TPSA) is 70.7 Å². The Morgan fingerprint density at radius 3 is 2.72 bits per heavy atom. The van der Waals surface area contributed by atoms with Crippen molar-refractivity contribution in [1.29, 1.82) is 0 Å². The Hall–Kier alpha value is -3.19. The number of fused-ring (bicyclic) bond motifs is 1. The Bertz CT molecular complexity index is 1090. The van der Waals surface area contributed by atoms with E-state index in [9.17, 15) is 9.18 Å². The van der Waals surface area contributed by atoms with Gasteiger partial charge in [0, 0.05) is 24.9 Å². The molecule has 2 heterocycles. The van der Waals surface area contributed by atoms with Gasteiger partial charge in [-0.1, -0.05) is 24.3 Å². The Morgan fingerprint density at radius 2 is 1.90 bits per heavy atom. The number of rotatable bonds is 7. The minimum Gasteiger partial charge on any atom is -0.352 e. The molecular weight excluding hydrogens is 387 g/mol. The zero-order valence-electron chi connectivity index (χ0n) is 15.6. The van der Waals surface area contributed by atoms with Gasteiger partial charge in [0.05, 0.1) is 16.6 Å². The van der Waals surface area contributed by atoms with Gasteiger partial charge in [0.2, 0.25) is 0 Å². The van der Waals surface area contributed by atoms with Crippen molar-refractivity contribution in [1.82, 2.24) is 20.3 Å². The number of benzene rings is 2. The highest BCUT2D eigenvalue weighted by Crippen LogP contribution is 2.24. The monoisotopic (exact) mass is 406 g/mol. The van der Waals surface area contributed by atoms with Crippen LogP contribution in [0.1, 0.15) is 21.7 Å². The predicted octanol–water partition coefficient (Wildman–Crippen LogP) is 4.36. The maximum atomic E-state index is 13.0. The van der Waals surface area contributed by atoms with E-state index in [1.165, 1.54) is 23.9 Å². The van der Waals surface area contributed by atoms with Crippen LogP contribution in [0.3, 0.4) is 0 Å². The summed E-state index contributed by atoms with van der Waals surface area (Å²) in [6.07, 6.45) is 2.27. The first-order chi connectivity index (χ1) is 14.2. The fourth-order valence-corrected chi connectivity index (χ4v) is 3.87. The summed E-state index contributed by atoms with van der Waals surface area (Å²) in [4.78, 5) is 24.8. The molecule has 0 atom stereocenters. The zero-order chi connectivity index (χ0) is 20.1. The van der Waals surface area contributed by atoms with Gasteiger partial charge in [-0.05, 0) is 42.0 Å². The molecule has 0 saturated carbocycles. The molecule has 146 valence electrons. The molecule has 0 radical (unpaired) electrons. The Labute approximate surface area is 171 Å². The molecule has 4 rings (SSSR count). The van der Waals surface area contributed by atoms with Crippen LogP contribution in [0.2, 0.25) is 0 Å². The number of halogens is 1. The molecule has 0 fully saturated rings. The van der Waals surface area contributed by atoms with Gasteiger partial charge in [-0.25, -0.2) is 14.4 Å². The number of nitrogens with zero attached hydrogens (tertiary/aromatic N) is 2. The molecule has 0 aliphatic heterocycles. The van der Waals surface area contributed by atoms with Gasteiger partial charge in [-0.15, -0.1) is 11.8 Å². The van der Waals surface area contributed by atoms with E-state index < -0.39 is 0 Å². The van der Waals surface area contributed by atoms with E-state index >= 15 is 0 Å². The first-order valence-corrected chi connectivity index (χ1v) is 10.2. The molecule has 7 heteroatoms. The van der Waals surface area contributed by atoms with E-state index in [2.05, 4.69) is 20.3 Å². The third-order valence-electron chi connectivity index (χ3n) is 4.39. The molecule has 2 aromatic heterocycles. The van der Waals surface area contributed by atoms with Crippen LogP contribution in [-0.2, 0) is 12.2 Å². The molecule has 2 aromatic carbocycles. The quantitative estimate of drug-likeness (QED) is 0.447. The van der Waals surface area contributed by atoms with Crippen molar-refractivity contribution in [3.8, 4) is 0 Å². The van der Waals surface area contributed by atoms with Gasteiger partial charge in [-0.3, -0.25) is 4.79 Å². The van der Waals surface area contributed by atoms with Gasteiger partial charge in [0.25, 0.3) is 5.91 Å². The number of carbonyl (C=O) groups excluding carboxylic acids is 1. The average Bonchev–Trinajstić information content (AvgIpc) is 3.16. The molecule has 4 aromatic rings. The third-order valence-corrected chi connectivity index (χ3v) is 5.47. The standard InChI is InChI=1S/C22H19FN4OS/c23-16-9-7-15(8-10-16)14-29-22-17(4-3-12-25-22)21(28)24-13-11-20-26-18-5-1-2-6-19(18)27-20/h1-10,12H,11,13-14H2,(H,24,28)(H,26,27). The number of nitrogens with one attached hydrogen (secondary N) is 2. The number of pyridine rings is 1. The van der Waals surface area contributed by atoms with E-state index in [4.69, 9.17) is 0 Å². The molecule has 0 spiro atoms. The normalized spacial score (nSPS) is 10.9. The summed E-state index contributed by atoms with van der Waals surface area (Å²) in [5, 5.41) is 3.59. The van der Waals surface area contributed by atoms with Crippen molar-refractivity contribution in [3.63, 3.8) is 0 Å². The summed E-state index contributed by atoms with van der Waals surface area (Å²) in [6.45, 7) is 0.468. The second kappa shape index (κ2) is 8.87. The highest BCUT2D eigenvalue weighted by atomic mass is 32.2. The fraction of sp³-hybridized carbons (Fsp3) is 0.136. The highest BCUT2D eigenvalue weighted by molar-refractivity contribution is 7.98. The summed E-state index contributed by atoms with van der Waals surface area (Å²) in [5.74, 6) is 1.01. The lowest BCUT2D eigenvalue weighted by molar-refractivity contribution is 0.0950. The van der Waals surface area contributed by atoms with Crippen LogP contribution < -0.4 is 5.32 Å². The first kappa shape index (κ1) is 19.1. The summed E-state index contributed by atoms with van der Waals surface area (Å²) >= 11 is 1.45. The number of imidazole rings is 1. The Morgan fingerprint density at radius 1 is 1.07 bits per heavy atom. The number of amides is 1. The van der Waals surface area contributed by atoms with E-state index in [1.54, 1.807) is 30.5 Å². The lowest BCUT2D eigenvalue weighted by Crippen LogP contribution is -2.26. The summed E-state index contributed by atoms with van der Waals surface area (Å²) < 4.78 is 13.0. The second-order valence-electron chi connectivity index (χ2n) is 6.48. The minimum atomic E-state index is -0.263. The first-order valence-electron chi connectivity index (χ1n) is 9.23. The number of hydrogen-bond acceptors (Lipinski definition) is 4. The van der Waals surface area contributed by atoms with Crippen LogP contribution in [0, 0.1) is 5.82 Å². The van der Waals surface area contributed by atoms with Crippen molar-refractivity contribution in [3.05, 3.63) is 89.6 Å². The van der Waals surface area contributed by atoms with Crippen LogP contribution in [0.15, 0.2) is 71.9 Å². The SMILES string of the molecule is O=C(NCCc1nc2ccccc2[nH]1)c1cccnc1SCc1ccc(F)cc1. The van der Waals surface area contributed by atoms with Crippen LogP contribution in [0.5, 0.6) is 0 Å². The van der Waals surface area contributed by atoms with E-state index in [0.29, 0.717) is 29.3 Å². The van der Waals surface area contributed by atoms with Crippen molar-refractivity contribution < 1.29 is 9.18 Å². The third kappa shape index (κ3) is 4.81. The maximum absolute atomic E-state index is 13.0. The summed E-state index contributed by atoms with van der Waals surface area (Å²) in [6, 6.07) is 17.7. The summed E-state index contributed by atoms with van der Waals surface area (Å²) in [7, 11) is 0. The second-order valence-corrected chi connectivity index (χ2v) is 7.44. The molecule has 1 amide bonds. The van der Waals surface area contributed by atoms with Crippen molar-refractivity contribution in [2.24, 2.45) is 0 Å². The van der Waals surface area contributed by atoms with Crippen molar-refractivity contribution >= 4 is 28.7 Å². The lowest BCUT2D eigenvalue weighted by Gasteiger charge is -2.09. The Balaban J connectivity index is 1.36. The molecule has 0 aliphatic carbocycles. The van der Waals surface area contributed by atoms with E-state index in [-0.39, 0.29) is 11.7 Å². The van der Waals surface area contributed by atoms with Crippen molar-refractivity contribution in [2.75, 3.05) is 6.54 Å². The molecule has 5 nitrogen and oxygen atoms in total. The van der Waals surface area contributed by atoms with Crippen LogP contribution in [-0.4, -0.2) is 27.4 Å². The van der Waals surface area contributed by atoms with E-state index in [1.807, 2.05) is 24.3 Å². The molecule has 0 bridgehead atoms. The van der Waals surface area contributed by atoms with Gasteiger partial charge in [-0.2, -0.15) is 0 Å². The van der Waals surface area contributed by atoms with Gasteiger partial charge in [0.1, 0.15) is 16.7 Å². The molecule has 2 N–H and O–H groups in total. The number of aromatic nitrogens is 3. The Kier molecular flexibility index (Phi) is 5.86. The number of thioether (sulfide) groups is 1. The predicted molar refractivity (Wildman–Crippen MR) is 112 cm³/mol. The maximum Gasteiger partial charge on any atom is 0.254 e. The number of para-hydroxylation sites is 2. The van der Waals surface area contributed by atoms with E-state index in [0.717, 1.165) is 22.4 Å². The van der Waals surface area contributed by atoms with Crippen LogP contribution >= 0.6 is 11.8 Å². The smallest absolute Gasteiger partial charge is 0.254 e. The molecular formula is C22H19FN4OS. The fourth-order valence-electron chi connectivity index (χ4n) is 2.92. The number of carbonyl (C=O) groups is 1. The summed E-state index contributed by atoms with van der Waals surface area (Å²) in [5.41, 5.74) is 3.41. The van der Waals surface area contributed by atoms with Gasteiger partial charge < -0.3 is 10.3 Å². The molecule has 0 aliphatic rings. The molecule has 0 saturated heterocycles. The number of hydrogen-bond donors (Lipinski definition) is 2. The van der Waals surface area contributed by atoms with Crippen LogP contribution in [0.25, 0.3) is 11.0 Å². The molecule has 29 heavy (non-hydrogen) atoms. The van der Waals surface area contributed by atoms with Gasteiger partial charge in [0.15, 0.2) is 0 Å². The number of H-pyrrole nitrogens is 1. The van der Waals surface area contributed by atoms with Crippen LogP contribution in [0.4, 0.5) is 4.39 Å². The zero-order valence-corrected chi connectivity index (χ0v) is 16.4. The lowest BCUT2D eigenvalue weighted by atomic mass is 10.2. The number of aromatic amines is 1. The largest absolute Gasteiger partial charge is 0.352 e.